The van der Waals surface area contributed by atoms with Crippen molar-refractivity contribution in [3.63, 3.8) is 0 Å². The van der Waals surface area contributed by atoms with Gasteiger partial charge < -0.3 is 24.2 Å². The van der Waals surface area contributed by atoms with Crippen molar-refractivity contribution in [2.75, 3.05) is 20.8 Å². The normalized spacial score (nSPS) is 16.1. The maximum atomic E-state index is 14.0. The smallest absolute Gasteiger partial charge is 0.258 e. The van der Waals surface area contributed by atoms with Crippen LogP contribution in [0.15, 0.2) is 52.7 Å². The molecule has 1 atom stereocenters. The third-order valence-electron chi connectivity index (χ3n) is 5.52. The average Bonchev–Trinajstić information content (AvgIpc) is 3.30. The molecule has 33 heavy (non-hydrogen) atoms. The van der Waals surface area contributed by atoms with Crippen LogP contribution in [0.25, 0.3) is 17.0 Å². The van der Waals surface area contributed by atoms with Crippen molar-refractivity contribution in [3.05, 3.63) is 65.4 Å². The number of halogens is 1. The fourth-order valence-corrected chi connectivity index (χ4v) is 4.26. The van der Waals surface area contributed by atoms with Gasteiger partial charge in [0.2, 0.25) is 5.82 Å². The van der Waals surface area contributed by atoms with Gasteiger partial charge in [-0.05, 0) is 61.5 Å². The number of nitrogens with one attached hydrogen (secondary N) is 1. The third kappa shape index (κ3) is 4.41. The second-order valence-corrected chi connectivity index (χ2v) is 7.97. The summed E-state index contributed by atoms with van der Waals surface area (Å²) >= 11 is 5.61. The molecule has 1 unspecified atom stereocenters. The van der Waals surface area contributed by atoms with E-state index in [1.54, 1.807) is 32.4 Å². The number of benzene rings is 2. The highest BCUT2D eigenvalue weighted by molar-refractivity contribution is 7.80. The van der Waals surface area contributed by atoms with Crippen molar-refractivity contribution in [1.29, 1.82) is 0 Å². The Hall–Kier alpha value is -3.46. The van der Waals surface area contributed by atoms with Crippen LogP contribution >= 0.6 is 12.2 Å². The third-order valence-corrected chi connectivity index (χ3v) is 5.86. The molecule has 1 aliphatic heterocycles. The van der Waals surface area contributed by atoms with E-state index in [0.29, 0.717) is 39.5 Å². The molecule has 4 rings (SSSR count). The fraction of sp³-hybridized carbons (Fsp3) is 0.292. The van der Waals surface area contributed by atoms with Gasteiger partial charge in [0.1, 0.15) is 5.82 Å². The van der Waals surface area contributed by atoms with Crippen molar-refractivity contribution < 1.29 is 18.4 Å². The van der Waals surface area contributed by atoms with Crippen molar-refractivity contribution in [1.82, 2.24) is 20.4 Å². The molecule has 0 saturated heterocycles. The van der Waals surface area contributed by atoms with Crippen molar-refractivity contribution in [2.45, 2.75) is 26.3 Å². The topological polar surface area (TPSA) is 72.7 Å². The van der Waals surface area contributed by atoms with Crippen LogP contribution < -0.4 is 14.8 Å². The fourth-order valence-electron chi connectivity index (χ4n) is 3.91. The summed E-state index contributed by atoms with van der Waals surface area (Å²) < 4.78 is 30.4. The monoisotopic (exact) mass is 468 g/mol. The van der Waals surface area contributed by atoms with Crippen molar-refractivity contribution in [3.8, 4) is 22.9 Å². The molecule has 1 aliphatic rings. The first-order chi connectivity index (χ1) is 16.0. The first kappa shape index (κ1) is 22.7. The van der Waals surface area contributed by atoms with E-state index in [1.165, 1.54) is 12.1 Å². The maximum absolute atomic E-state index is 14.0. The van der Waals surface area contributed by atoms with E-state index in [-0.39, 0.29) is 5.82 Å². The largest absolute Gasteiger partial charge is 0.493 e. The Morgan fingerprint density at radius 1 is 1.15 bits per heavy atom. The van der Waals surface area contributed by atoms with E-state index >= 15 is 0 Å². The van der Waals surface area contributed by atoms with E-state index in [9.17, 15) is 4.39 Å². The lowest BCUT2D eigenvalue weighted by atomic mass is 9.94. The van der Waals surface area contributed by atoms with Gasteiger partial charge >= 0.3 is 0 Å². The van der Waals surface area contributed by atoms with Crippen LogP contribution in [0, 0.1) is 5.82 Å². The van der Waals surface area contributed by atoms with Crippen LogP contribution in [0.5, 0.6) is 11.5 Å². The van der Waals surface area contributed by atoms with Crippen molar-refractivity contribution in [2.24, 2.45) is 0 Å². The minimum absolute atomic E-state index is 0.329. The Morgan fingerprint density at radius 2 is 1.94 bits per heavy atom. The molecule has 0 amide bonds. The number of hydrogen-bond donors (Lipinski definition) is 1. The summed E-state index contributed by atoms with van der Waals surface area (Å²) in [6.07, 6.45) is 0.901. The number of thiocarbonyl (C=S) groups is 1. The summed E-state index contributed by atoms with van der Waals surface area (Å²) in [7, 11) is 3.15. The van der Waals surface area contributed by atoms with Gasteiger partial charge in [0.15, 0.2) is 16.6 Å². The zero-order valence-electron chi connectivity index (χ0n) is 18.9. The van der Waals surface area contributed by atoms with Crippen LogP contribution in [-0.2, 0) is 0 Å². The van der Waals surface area contributed by atoms with Gasteiger partial charge in [-0.2, -0.15) is 4.98 Å². The standard InChI is InChI=1S/C24H25FN4O3S/c1-5-11-29-14(2)20(21(26-24(29)33)15-7-6-8-17(25)12-15)23-27-22(28-32-23)16-9-10-18(30-3)19(13-16)31-4/h6-10,12-13,21H,5,11H2,1-4H3,(H,26,33). The molecule has 2 aromatic carbocycles. The summed E-state index contributed by atoms with van der Waals surface area (Å²) in [5.74, 6) is 1.58. The molecule has 7 nitrogen and oxygen atoms in total. The van der Waals surface area contributed by atoms with Gasteiger partial charge in [-0.15, -0.1) is 0 Å². The van der Waals surface area contributed by atoms with E-state index in [0.717, 1.165) is 24.2 Å². The molecule has 1 N–H and O–H groups in total. The van der Waals surface area contributed by atoms with Crippen molar-refractivity contribution >= 4 is 22.9 Å². The number of hydrogen-bond acceptors (Lipinski definition) is 6. The highest BCUT2D eigenvalue weighted by Crippen LogP contribution is 2.38. The van der Waals surface area contributed by atoms with E-state index < -0.39 is 6.04 Å². The van der Waals surface area contributed by atoms with Crippen LogP contribution in [-0.4, -0.2) is 40.9 Å². The number of allylic oxidation sites excluding steroid dienone is 1. The SMILES string of the molecule is CCCN1C(=S)NC(c2cccc(F)c2)C(c2nc(-c3ccc(OC)c(OC)c3)no2)=C1C. The Labute approximate surface area is 197 Å². The Balaban J connectivity index is 1.80. The summed E-state index contributed by atoms with van der Waals surface area (Å²) in [5, 5.41) is 8.09. The molecular formula is C24H25FN4O3S. The number of aromatic nitrogens is 2. The second-order valence-electron chi connectivity index (χ2n) is 7.58. The molecule has 3 aromatic rings. The van der Waals surface area contributed by atoms with E-state index in [4.69, 9.17) is 26.2 Å². The number of methoxy groups -OCH3 is 2. The van der Waals surface area contributed by atoms with Gasteiger partial charge in [0.05, 0.1) is 25.8 Å². The number of nitrogens with zero attached hydrogens (tertiary/aromatic N) is 3. The lowest BCUT2D eigenvalue weighted by Crippen LogP contribution is -2.46. The molecule has 0 saturated carbocycles. The minimum atomic E-state index is -0.431. The Kier molecular flexibility index (Phi) is 6.60. The highest BCUT2D eigenvalue weighted by Gasteiger charge is 2.34. The zero-order valence-corrected chi connectivity index (χ0v) is 19.7. The highest BCUT2D eigenvalue weighted by atomic mass is 32.1. The molecule has 0 fully saturated rings. The molecule has 0 bridgehead atoms. The predicted octanol–water partition coefficient (Wildman–Crippen LogP) is 4.97. The molecular weight excluding hydrogens is 443 g/mol. The Bertz CT molecular complexity index is 1210. The molecule has 2 heterocycles. The predicted molar refractivity (Wildman–Crippen MR) is 127 cm³/mol. The Morgan fingerprint density at radius 3 is 2.64 bits per heavy atom. The molecule has 172 valence electrons. The number of rotatable bonds is 7. The first-order valence-electron chi connectivity index (χ1n) is 10.6. The first-order valence-corrected chi connectivity index (χ1v) is 11.0. The molecule has 1 aromatic heterocycles. The quantitative estimate of drug-likeness (QED) is 0.488. The molecule has 9 heteroatoms. The van der Waals surface area contributed by atoms with Gasteiger partial charge in [-0.3, -0.25) is 0 Å². The lowest BCUT2D eigenvalue weighted by Gasteiger charge is -2.37. The lowest BCUT2D eigenvalue weighted by molar-refractivity contribution is 0.355. The van der Waals surface area contributed by atoms with Crippen LogP contribution in [0.3, 0.4) is 0 Å². The van der Waals surface area contributed by atoms with E-state index in [2.05, 4.69) is 22.4 Å². The van der Waals surface area contributed by atoms with Crippen LogP contribution in [0.1, 0.15) is 37.8 Å². The summed E-state index contributed by atoms with van der Waals surface area (Å²) in [6.45, 7) is 4.77. The molecule has 0 aliphatic carbocycles. The average molecular weight is 469 g/mol. The van der Waals surface area contributed by atoms with Gasteiger partial charge in [-0.25, -0.2) is 4.39 Å². The zero-order chi connectivity index (χ0) is 23.5. The summed E-state index contributed by atoms with van der Waals surface area (Å²) in [4.78, 5) is 6.67. The summed E-state index contributed by atoms with van der Waals surface area (Å²) in [6, 6.07) is 11.4. The molecule has 0 radical (unpaired) electrons. The van der Waals surface area contributed by atoms with Gasteiger partial charge in [0, 0.05) is 17.8 Å². The van der Waals surface area contributed by atoms with Gasteiger partial charge in [-0.1, -0.05) is 24.2 Å². The van der Waals surface area contributed by atoms with E-state index in [1.807, 2.05) is 24.0 Å². The van der Waals surface area contributed by atoms with Crippen LogP contribution in [0.4, 0.5) is 4.39 Å². The maximum Gasteiger partial charge on any atom is 0.258 e. The minimum Gasteiger partial charge on any atom is -0.493 e. The summed E-state index contributed by atoms with van der Waals surface area (Å²) in [5.41, 5.74) is 3.07. The van der Waals surface area contributed by atoms with Crippen LogP contribution in [0.2, 0.25) is 0 Å². The van der Waals surface area contributed by atoms with Gasteiger partial charge in [0.25, 0.3) is 5.89 Å². The number of ether oxygens (including phenoxy) is 2. The molecule has 0 spiro atoms. The second kappa shape index (κ2) is 9.58.